The molecule has 0 amide bonds. The number of hydrogen-bond acceptors (Lipinski definition) is 5. The predicted octanol–water partition coefficient (Wildman–Crippen LogP) is 3.59. The van der Waals surface area contributed by atoms with Crippen molar-refractivity contribution in [3.63, 3.8) is 0 Å². The summed E-state index contributed by atoms with van der Waals surface area (Å²) in [6.07, 6.45) is -1.00. The number of rotatable bonds is 8. The van der Waals surface area contributed by atoms with E-state index < -0.39 is 21.8 Å². The Balaban J connectivity index is 1.59. The molecule has 0 aliphatic carbocycles. The average Bonchev–Trinajstić information content (AvgIpc) is 3.10. The molecule has 1 atom stereocenters. The van der Waals surface area contributed by atoms with Gasteiger partial charge >= 0.3 is 0 Å². The molecule has 4 rings (SSSR count). The van der Waals surface area contributed by atoms with E-state index in [9.17, 15) is 17.9 Å². The molecule has 1 unspecified atom stereocenters. The highest BCUT2D eigenvalue weighted by molar-refractivity contribution is 7.90. The number of halogens is 1. The van der Waals surface area contributed by atoms with Gasteiger partial charge in [-0.15, -0.1) is 0 Å². The third-order valence-electron chi connectivity index (χ3n) is 4.82. The molecule has 1 heterocycles. The van der Waals surface area contributed by atoms with Crippen LogP contribution in [-0.4, -0.2) is 35.8 Å². The van der Waals surface area contributed by atoms with Gasteiger partial charge in [-0.25, -0.2) is 17.8 Å². The van der Waals surface area contributed by atoms with Gasteiger partial charge in [-0.2, -0.15) is 0 Å². The first-order valence-corrected chi connectivity index (χ1v) is 11.4. The lowest BCUT2D eigenvalue weighted by Crippen LogP contribution is -2.25. The van der Waals surface area contributed by atoms with E-state index in [1.807, 2.05) is 18.2 Å². The maximum Gasteiger partial charge on any atom is 0.185 e. The van der Waals surface area contributed by atoms with E-state index >= 15 is 0 Å². The monoisotopic (exact) mass is 440 g/mol. The average molecular weight is 440 g/mol. The molecular formula is C23H21FN2O4S. The van der Waals surface area contributed by atoms with Crippen molar-refractivity contribution < 1.29 is 22.7 Å². The number of nitrogens with zero attached hydrogens (tertiary/aromatic N) is 2. The number of hydrogen-bond donors (Lipinski definition) is 1. The summed E-state index contributed by atoms with van der Waals surface area (Å²) in [6, 6.07) is 21.3. The summed E-state index contributed by atoms with van der Waals surface area (Å²) in [5.74, 6) is -0.469. The van der Waals surface area contributed by atoms with Crippen LogP contribution >= 0.6 is 0 Å². The van der Waals surface area contributed by atoms with E-state index in [1.165, 1.54) is 12.1 Å². The number of fused-ring (bicyclic) bond motifs is 1. The third-order valence-corrected chi connectivity index (χ3v) is 6.44. The highest BCUT2D eigenvalue weighted by Gasteiger charge is 2.22. The second-order valence-corrected chi connectivity index (χ2v) is 9.08. The first kappa shape index (κ1) is 21.0. The van der Waals surface area contributed by atoms with E-state index in [1.54, 1.807) is 53.1 Å². The maximum atomic E-state index is 13.7. The molecule has 8 heteroatoms. The Kier molecular flexibility index (Phi) is 6.01. The summed E-state index contributed by atoms with van der Waals surface area (Å²) in [5, 5.41) is 10.5. The van der Waals surface area contributed by atoms with Gasteiger partial charge in [0.25, 0.3) is 0 Å². The number of aromatic nitrogens is 2. The highest BCUT2D eigenvalue weighted by atomic mass is 32.2. The molecular weight excluding hydrogens is 419 g/mol. The SMILES string of the molecule is O=S(=O)(Cc1nc2ccccc2n1CC(O)COc1ccccc1F)c1ccccc1. The van der Waals surface area contributed by atoms with E-state index in [0.717, 1.165) is 0 Å². The summed E-state index contributed by atoms with van der Waals surface area (Å²) >= 11 is 0. The number of sulfone groups is 1. The van der Waals surface area contributed by atoms with Gasteiger partial charge in [0.2, 0.25) is 0 Å². The minimum Gasteiger partial charge on any atom is -0.488 e. The molecule has 3 aromatic carbocycles. The fraction of sp³-hybridized carbons (Fsp3) is 0.174. The summed E-state index contributed by atoms with van der Waals surface area (Å²) < 4.78 is 46.6. The van der Waals surface area contributed by atoms with Crippen molar-refractivity contribution in [3.05, 3.63) is 90.5 Å². The lowest BCUT2D eigenvalue weighted by Gasteiger charge is -2.16. The summed E-state index contributed by atoms with van der Waals surface area (Å²) in [7, 11) is -3.63. The first-order valence-electron chi connectivity index (χ1n) is 9.71. The first-order chi connectivity index (χ1) is 14.9. The summed E-state index contributed by atoms with van der Waals surface area (Å²) in [5.41, 5.74) is 1.33. The van der Waals surface area contributed by atoms with Crippen molar-refractivity contribution in [1.82, 2.24) is 9.55 Å². The molecule has 0 saturated carbocycles. The normalized spacial score (nSPS) is 12.7. The topological polar surface area (TPSA) is 81.4 Å². The predicted molar refractivity (Wildman–Crippen MR) is 115 cm³/mol. The zero-order valence-electron chi connectivity index (χ0n) is 16.6. The second-order valence-electron chi connectivity index (χ2n) is 7.09. The molecule has 6 nitrogen and oxygen atoms in total. The Morgan fingerprint density at radius 3 is 2.42 bits per heavy atom. The fourth-order valence-corrected chi connectivity index (χ4v) is 4.63. The number of ether oxygens (including phenoxy) is 1. The van der Waals surface area contributed by atoms with Crippen LogP contribution in [0.1, 0.15) is 5.82 Å². The molecule has 0 aliphatic heterocycles. The number of aliphatic hydroxyl groups excluding tert-OH is 1. The quantitative estimate of drug-likeness (QED) is 0.453. The van der Waals surface area contributed by atoms with Crippen LogP contribution in [0.15, 0.2) is 83.8 Å². The smallest absolute Gasteiger partial charge is 0.185 e. The van der Waals surface area contributed by atoms with Crippen molar-refractivity contribution in [1.29, 1.82) is 0 Å². The van der Waals surface area contributed by atoms with Gasteiger partial charge in [0, 0.05) is 0 Å². The number of imidazole rings is 1. The third kappa shape index (κ3) is 4.76. The standard InChI is InChI=1S/C23H21FN2O4S/c24-19-10-4-7-13-22(19)30-15-17(27)14-26-21-12-6-5-11-20(21)25-23(26)16-31(28,29)18-8-2-1-3-9-18/h1-13,17,27H,14-16H2. The van der Waals surface area contributed by atoms with E-state index in [-0.39, 0.29) is 29.5 Å². The van der Waals surface area contributed by atoms with Crippen LogP contribution in [0.3, 0.4) is 0 Å². The Morgan fingerprint density at radius 2 is 1.65 bits per heavy atom. The second kappa shape index (κ2) is 8.87. The van der Waals surface area contributed by atoms with E-state index in [2.05, 4.69) is 4.98 Å². The minimum atomic E-state index is -3.63. The summed E-state index contributed by atoms with van der Waals surface area (Å²) in [4.78, 5) is 4.69. The van der Waals surface area contributed by atoms with Gasteiger partial charge in [-0.1, -0.05) is 42.5 Å². The van der Waals surface area contributed by atoms with Crippen molar-refractivity contribution in [2.75, 3.05) is 6.61 Å². The van der Waals surface area contributed by atoms with Gasteiger partial charge in [-0.05, 0) is 36.4 Å². The van der Waals surface area contributed by atoms with E-state index in [4.69, 9.17) is 4.74 Å². The van der Waals surface area contributed by atoms with Crippen LogP contribution in [0.4, 0.5) is 4.39 Å². The highest BCUT2D eigenvalue weighted by Crippen LogP contribution is 2.22. The molecule has 0 spiro atoms. The van der Waals surface area contributed by atoms with E-state index in [0.29, 0.717) is 16.9 Å². The van der Waals surface area contributed by atoms with Gasteiger partial charge in [0.1, 0.15) is 24.3 Å². The Hall–Kier alpha value is -3.23. The Morgan fingerprint density at radius 1 is 0.968 bits per heavy atom. The van der Waals surface area contributed by atoms with Crippen LogP contribution in [0.2, 0.25) is 0 Å². The molecule has 4 aromatic rings. The number of aliphatic hydroxyl groups is 1. The summed E-state index contributed by atoms with van der Waals surface area (Å²) in [6.45, 7) is -0.104. The van der Waals surface area contributed by atoms with Crippen molar-refractivity contribution in [3.8, 4) is 5.75 Å². The lowest BCUT2D eigenvalue weighted by molar-refractivity contribution is 0.0908. The van der Waals surface area contributed by atoms with Gasteiger partial charge in [0.05, 0.1) is 22.5 Å². The molecule has 0 radical (unpaired) electrons. The fourth-order valence-electron chi connectivity index (χ4n) is 3.33. The van der Waals surface area contributed by atoms with Gasteiger partial charge < -0.3 is 14.4 Å². The van der Waals surface area contributed by atoms with Crippen LogP contribution in [0.5, 0.6) is 5.75 Å². The van der Waals surface area contributed by atoms with Crippen LogP contribution in [0.25, 0.3) is 11.0 Å². The molecule has 1 aromatic heterocycles. The largest absolute Gasteiger partial charge is 0.488 e. The van der Waals surface area contributed by atoms with Crippen LogP contribution in [0, 0.1) is 5.82 Å². The zero-order chi connectivity index (χ0) is 21.8. The van der Waals surface area contributed by atoms with Crippen molar-refractivity contribution in [2.45, 2.75) is 23.3 Å². The number of para-hydroxylation sites is 3. The maximum absolute atomic E-state index is 13.7. The molecule has 160 valence electrons. The molecule has 0 saturated heterocycles. The molecule has 31 heavy (non-hydrogen) atoms. The lowest BCUT2D eigenvalue weighted by atomic mass is 10.3. The van der Waals surface area contributed by atoms with Gasteiger partial charge in [0.15, 0.2) is 21.4 Å². The number of benzene rings is 3. The molecule has 1 N–H and O–H groups in total. The Labute approximate surface area is 179 Å². The van der Waals surface area contributed by atoms with Gasteiger partial charge in [-0.3, -0.25) is 0 Å². The molecule has 0 bridgehead atoms. The van der Waals surface area contributed by atoms with Crippen molar-refractivity contribution >= 4 is 20.9 Å². The van der Waals surface area contributed by atoms with Crippen LogP contribution < -0.4 is 4.74 Å². The zero-order valence-corrected chi connectivity index (χ0v) is 17.4. The molecule has 0 fully saturated rings. The van der Waals surface area contributed by atoms with Crippen molar-refractivity contribution in [2.24, 2.45) is 0 Å². The van der Waals surface area contributed by atoms with Crippen LogP contribution in [-0.2, 0) is 22.1 Å². The molecule has 0 aliphatic rings. The Bertz CT molecular complexity index is 1290. The minimum absolute atomic E-state index is 0.0453.